The van der Waals surface area contributed by atoms with Crippen molar-refractivity contribution < 1.29 is 48.5 Å². The summed E-state index contributed by atoms with van der Waals surface area (Å²) < 4.78 is 22.6. The van der Waals surface area contributed by atoms with Gasteiger partial charge in [-0.05, 0) is 17.7 Å². The van der Waals surface area contributed by atoms with E-state index in [1.54, 1.807) is 28.4 Å². The molecule has 7 nitrogen and oxygen atoms in total. The van der Waals surface area contributed by atoms with Crippen LogP contribution in [-0.2, 0) is 13.0 Å². The van der Waals surface area contributed by atoms with Gasteiger partial charge in [0, 0.05) is 0 Å². The van der Waals surface area contributed by atoms with E-state index in [1.165, 1.54) is 35.8 Å². The molecule has 1 heterocycles. The van der Waals surface area contributed by atoms with Gasteiger partial charge in [0.15, 0.2) is 11.5 Å². The third-order valence-electron chi connectivity index (χ3n) is 5.67. The van der Waals surface area contributed by atoms with Crippen LogP contribution in [0.5, 0.6) is 23.0 Å². The predicted molar refractivity (Wildman–Crippen MR) is 119 cm³/mol. The number of ether oxygens (including phenoxy) is 4. The number of carbonyl (C=O) groups is 1. The van der Waals surface area contributed by atoms with Crippen LogP contribution in [0, 0.1) is 24.7 Å². The standard InChI is InChI=1S/C24H31AtN2O5/c1-29-20-11-16-7-10-27(15-17(16)12-21(20)30-2)9-6-5-8-26-24(28)19-13-18(25)14-22(31-3)23(19)32-4/h11-14H,5-10,15H2,1-4H3,(H,26,28)/i25+1. The molecular weight excluding hydrogens is 607 g/mol. The van der Waals surface area contributed by atoms with Crippen molar-refractivity contribution in [1.82, 2.24) is 10.2 Å². The summed E-state index contributed by atoms with van der Waals surface area (Å²) in [6, 6.07) is 7.92. The number of unbranched alkanes of at least 4 members (excludes halogenated alkanes) is 1. The molecule has 0 unspecified atom stereocenters. The van der Waals surface area contributed by atoms with Crippen LogP contribution in [0.4, 0.5) is 0 Å². The molecule has 1 aliphatic heterocycles. The van der Waals surface area contributed by atoms with Gasteiger partial charge in [-0.1, -0.05) is 0 Å². The van der Waals surface area contributed by atoms with Gasteiger partial charge >= 0.3 is 153 Å². The zero-order valence-electron chi connectivity index (χ0n) is 19.1. The van der Waals surface area contributed by atoms with E-state index in [-0.39, 0.29) is 5.91 Å². The molecule has 1 aliphatic rings. The number of hydrogen-bond donors (Lipinski definition) is 1. The molecule has 1 N–H and O–H groups in total. The van der Waals surface area contributed by atoms with Crippen molar-refractivity contribution in [2.24, 2.45) is 0 Å². The molecule has 0 atom stereocenters. The Morgan fingerprint density at radius 1 is 0.938 bits per heavy atom. The topological polar surface area (TPSA) is 69.3 Å². The molecule has 8 heteroatoms. The maximum absolute atomic E-state index is 12.7. The van der Waals surface area contributed by atoms with Gasteiger partial charge in [0.1, 0.15) is 0 Å². The Hall–Kier alpha value is -2.05. The van der Waals surface area contributed by atoms with E-state index < -0.39 is 0 Å². The number of rotatable bonds is 10. The van der Waals surface area contributed by atoms with Crippen molar-refractivity contribution in [1.29, 1.82) is 0 Å². The summed E-state index contributed by atoms with van der Waals surface area (Å²) >= 11 is 1.49. The van der Waals surface area contributed by atoms with E-state index in [4.69, 9.17) is 18.9 Å². The fourth-order valence-corrected chi connectivity index (χ4v) is 4.80. The number of hydrogen-bond acceptors (Lipinski definition) is 6. The van der Waals surface area contributed by atoms with E-state index in [2.05, 4.69) is 22.3 Å². The maximum atomic E-state index is 12.7. The fraction of sp³-hybridized carbons (Fsp3) is 0.458. The minimum absolute atomic E-state index is 0.133. The van der Waals surface area contributed by atoms with Crippen LogP contribution in [-0.4, -0.2) is 58.9 Å². The number of nitrogens with zero attached hydrogens (tertiary/aromatic N) is 1. The Morgan fingerprint density at radius 2 is 1.62 bits per heavy atom. The summed E-state index contributed by atoms with van der Waals surface area (Å²) in [7, 11) is 6.47. The quantitative estimate of drug-likeness (QED) is 0.404. The third kappa shape index (κ3) is 5.84. The van der Waals surface area contributed by atoms with Gasteiger partial charge in [-0.15, -0.1) is 0 Å². The number of methoxy groups -OCH3 is 4. The molecule has 0 bridgehead atoms. The van der Waals surface area contributed by atoms with Crippen molar-refractivity contribution >= 4 is 9.18 Å². The Kier molecular flexibility index (Phi) is 9.00. The molecule has 0 spiro atoms. The Morgan fingerprint density at radius 3 is 2.28 bits per heavy atom. The van der Waals surface area contributed by atoms with Crippen LogP contribution in [0.1, 0.15) is 34.3 Å². The Balaban J connectivity index is 1.48. The van der Waals surface area contributed by atoms with Crippen LogP contribution >= 0.6 is 0 Å². The van der Waals surface area contributed by atoms with Crippen LogP contribution in [0.2, 0.25) is 0 Å². The van der Waals surface area contributed by atoms with Crippen molar-refractivity contribution in [3.05, 3.63) is 41.0 Å². The van der Waals surface area contributed by atoms with E-state index in [1.807, 2.05) is 12.1 Å². The molecule has 0 aromatic heterocycles. The van der Waals surface area contributed by atoms with E-state index in [9.17, 15) is 4.79 Å². The molecule has 2 aromatic rings. The van der Waals surface area contributed by atoms with Crippen molar-refractivity contribution in [2.45, 2.75) is 25.8 Å². The van der Waals surface area contributed by atoms with Gasteiger partial charge in [-0.2, -0.15) is 0 Å². The van der Waals surface area contributed by atoms with Crippen LogP contribution in [0.3, 0.4) is 0 Å². The fourth-order valence-electron chi connectivity index (χ4n) is 3.99. The monoisotopic (exact) mass is 638 g/mol. The number of amides is 1. The molecule has 1 amide bonds. The Labute approximate surface area is 205 Å². The van der Waals surface area contributed by atoms with E-state index >= 15 is 0 Å². The van der Waals surface area contributed by atoms with Gasteiger partial charge in [0.05, 0.1) is 14.2 Å². The average Bonchev–Trinajstić information content (AvgIpc) is 2.81. The minimum atomic E-state index is -0.133. The summed E-state index contributed by atoms with van der Waals surface area (Å²) in [5, 5.41) is 3.02. The molecule has 0 fully saturated rings. The Bertz CT molecular complexity index is 950. The first-order valence-corrected chi connectivity index (χ1v) is 12.1. The summed E-state index contributed by atoms with van der Waals surface area (Å²) in [5.41, 5.74) is 3.14. The average molecular weight is 639 g/mol. The molecular formula is C24H31AtN2O5. The zero-order valence-corrected chi connectivity index (χ0v) is 22.1. The van der Waals surface area contributed by atoms with Gasteiger partial charge in [0.25, 0.3) is 0 Å². The number of fused-ring (bicyclic) bond motifs is 1. The molecule has 0 saturated carbocycles. The zero-order chi connectivity index (χ0) is 23.1. The van der Waals surface area contributed by atoms with Gasteiger partial charge in [0.2, 0.25) is 0 Å². The van der Waals surface area contributed by atoms with Crippen LogP contribution in [0.15, 0.2) is 24.3 Å². The summed E-state index contributed by atoms with van der Waals surface area (Å²) in [6.45, 7) is 3.55. The van der Waals surface area contributed by atoms with Crippen molar-refractivity contribution in [2.75, 3.05) is 48.1 Å². The first-order valence-electron chi connectivity index (χ1n) is 10.7. The van der Waals surface area contributed by atoms with Gasteiger partial charge < -0.3 is 9.47 Å². The van der Waals surface area contributed by atoms with E-state index in [0.29, 0.717) is 23.6 Å². The number of carbonyl (C=O) groups excluding carboxylic acids is 1. The SMILES string of the molecule is COc1cc2c(cc1OC)CN(CCCCNC(=O)c1cc([211At])cc(OC)c1OC)CC2. The number of nitrogens with one attached hydrogen (secondary N) is 1. The van der Waals surface area contributed by atoms with Gasteiger partial charge in [-0.25, -0.2) is 0 Å². The van der Waals surface area contributed by atoms with Crippen LogP contribution < -0.4 is 27.5 Å². The second-order valence-electron chi connectivity index (χ2n) is 7.65. The van der Waals surface area contributed by atoms with Gasteiger partial charge in [-0.3, -0.25) is 0 Å². The summed E-state index contributed by atoms with van der Waals surface area (Å²) in [4.78, 5) is 15.1. The molecule has 174 valence electrons. The first-order chi connectivity index (χ1) is 15.5. The predicted octanol–water partition coefficient (Wildman–Crippen LogP) is 2.46. The molecule has 0 saturated heterocycles. The first kappa shape index (κ1) is 24.6. The summed E-state index contributed by atoms with van der Waals surface area (Å²) in [6.07, 6.45) is 2.93. The van der Waals surface area contributed by atoms with E-state index in [0.717, 1.165) is 53.7 Å². The molecule has 0 radical (unpaired) electrons. The summed E-state index contributed by atoms with van der Waals surface area (Å²) in [5.74, 6) is 2.49. The van der Waals surface area contributed by atoms with Crippen molar-refractivity contribution in [3.63, 3.8) is 0 Å². The second kappa shape index (κ2) is 11.7. The molecule has 32 heavy (non-hydrogen) atoms. The second-order valence-corrected chi connectivity index (χ2v) is 9.35. The van der Waals surface area contributed by atoms with Crippen molar-refractivity contribution in [3.8, 4) is 23.0 Å². The van der Waals surface area contributed by atoms with Crippen LogP contribution in [0.25, 0.3) is 0 Å². The molecule has 0 aliphatic carbocycles. The third-order valence-corrected chi connectivity index (χ3v) is 6.52. The molecule has 3 rings (SSSR count). The number of benzene rings is 2. The normalized spacial score (nSPS) is 13.3. The molecule has 2 aromatic carbocycles.